The van der Waals surface area contributed by atoms with Gasteiger partial charge in [0.05, 0.1) is 5.57 Å². The predicted molar refractivity (Wildman–Crippen MR) is 110 cm³/mol. The van der Waals surface area contributed by atoms with E-state index in [1.165, 1.54) is 12.1 Å². The van der Waals surface area contributed by atoms with Gasteiger partial charge in [-0.05, 0) is 62.4 Å². The van der Waals surface area contributed by atoms with Crippen molar-refractivity contribution < 1.29 is 23.4 Å². The predicted octanol–water partition coefficient (Wildman–Crippen LogP) is 6.28. The summed E-state index contributed by atoms with van der Waals surface area (Å²) in [4.78, 5) is 13.2. The van der Waals surface area contributed by atoms with Crippen LogP contribution in [0.2, 0.25) is 0 Å². The van der Waals surface area contributed by atoms with E-state index < -0.39 is 17.6 Å². The van der Waals surface area contributed by atoms with Crippen molar-refractivity contribution in [2.75, 3.05) is 0 Å². The number of rotatable bonds is 4. The average molecular weight is 400 g/mol. The Hall–Kier alpha value is -2.53. The van der Waals surface area contributed by atoms with Gasteiger partial charge in [0.2, 0.25) is 0 Å². The molecule has 154 valence electrons. The molecule has 0 aliphatic carbocycles. The van der Waals surface area contributed by atoms with E-state index in [1.54, 1.807) is 39.8 Å². The van der Waals surface area contributed by atoms with Crippen LogP contribution in [0.3, 0.4) is 0 Å². The van der Waals surface area contributed by atoms with Crippen molar-refractivity contribution in [1.29, 1.82) is 0 Å². The van der Waals surface area contributed by atoms with Gasteiger partial charge in [-0.1, -0.05) is 43.3 Å². The van der Waals surface area contributed by atoms with E-state index in [0.29, 0.717) is 12.0 Å². The Balaban J connectivity index is 2.18. The van der Waals surface area contributed by atoms with E-state index in [2.05, 4.69) is 0 Å². The largest absolute Gasteiger partial charge is 0.508 e. The summed E-state index contributed by atoms with van der Waals surface area (Å²) in [7, 11) is 0. The van der Waals surface area contributed by atoms with Crippen LogP contribution in [0.1, 0.15) is 57.7 Å². The number of halogens is 2. The molecule has 1 aliphatic rings. The molecule has 3 rings (SSSR count). The van der Waals surface area contributed by atoms with Gasteiger partial charge < -0.3 is 9.84 Å². The van der Waals surface area contributed by atoms with Crippen LogP contribution in [-0.4, -0.2) is 22.1 Å². The third kappa shape index (κ3) is 3.84. The number of ether oxygens (including phenoxy) is 1. The molecule has 2 aromatic rings. The molecule has 0 radical (unpaired) electrons. The van der Waals surface area contributed by atoms with Gasteiger partial charge >= 0.3 is 0 Å². The summed E-state index contributed by atoms with van der Waals surface area (Å²) in [5, 5.41) is 10.9. The van der Waals surface area contributed by atoms with Gasteiger partial charge in [0.25, 0.3) is 6.43 Å². The van der Waals surface area contributed by atoms with Crippen LogP contribution in [0, 0.1) is 0 Å². The Morgan fingerprint density at radius 2 is 1.55 bits per heavy atom. The molecule has 1 heterocycles. The van der Waals surface area contributed by atoms with Crippen molar-refractivity contribution in [3.05, 3.63) is 64.9 Å². The highest BCUT2D eigenvalue weighted by molar-refractivity contribution is 6.26. The molecule has 0 atom stereocenters. The molecule has 0 bridgehead atoms. The summed E-state index contributed by atoms with van der Waals surface area (Å²) in [5.74, 6) is -0.379. The fourth-order valence-corrected chi connectivity index (χ4v) is 3.81. The molecule has 0 amide bonds. The standard InChI is InChI=1S/C24H26F2O3/c1-6-14-7-12-17(15-8-10-16(11-9-15)22(25)26)13-18(14)19-20(27)23(2,3)29-24(4,5)21(19)28/h7-13,22,27H,6H2,1-5H3. The number of benzene rings is 2. The molecule has 0 spiro atoms. The maximum atomic E-state index is 13.2. The topological polar surface area (TPSA) is 46.5 Å². The second kappa shape index (κ2) is 7.38. The highest BCUT2D eigenvalue weighted by Gasteiger charge is 2.47. The molecular weight excluding hydrogens is 374 g/mol. The zero-order valence-corrected chi connectivity index (χ0v) is 17.3. The lowest BCUT2D eigenvalue weighted by Crippen LogP contribution is -2.49. The number of hydrogen-bond acceptors (Lipinski definition) is 3. The normalized spacial score (nSPS) is 18.4. The number of Topliss-reactive ketones (excluding diaryl/α,β-unsaturated/α-hetero) is 1. The lowest BCUT2D eigenvalue weighted by atomic mass is 9.80. The Morgan fingerprint density at radius 3 is 2.10 bits per heavy atom. The fourth-order valence-electron chi connectivity index (χ4n) is 3.81. The number of carbonyl (C=O) groups is 1. The monoisotopic (exact) mass is 400 g/mol. The highest BCUT2D eigenvalue weighted by Crippen LogP contribution is 2.41. The maximum absolute atomic E-state index is 13.2. The Labute approximate surface area is 170 Å². The number of hydrogen-bond donors (Lipinski definition) is 1. The fraction of sp³-hybridized carbons (Fsp3) is 0.375. The van der Waals surface area contributed by atoms with Crippen LogP contribution in [0.25, 0.3) is 16.7 Å². The molecule has 0 saturated heterocycles. The Kier molecular flexibility index (Phi) is 5.39. The van der Waals surface area contributed by atoms with Crippen molar-refractivity contribution >= 4 is 11.4 Å². The maximum Gasteiger partial charge on any atom is 0.263 e. The van der Waals surface area contributed by atoms with Gasteiger partial charge in [0.1, 0.15) is 17.0 Å². The van der Waals surface area contributed by atoms with Gasteiger partial charge in [0, 0.05) is 5.56 Å². The van der Waals surface area contributed by atoms with Gasteiger partial charge in [-0.15, -0.1) is 0 Å². The number of alkyl halides is 2. The first-order chi connectivity index (χ1) is 13.5. The average Bonchev–Trinajstić information content (AvgIpc) is 2.66. The summed E-state index contributed by atoms with van der Waals surface area (Å²) in [5.41, 5.74) is 1.25. The molecule has 1 aliphatic heterocycles. The van der Waals surface area contributed by atoms with E-state index in [4.69, 9.17) is 4.74 Å². The minimum Gasteiger partial charge on any atom is -0.508 e. The molecule has 29 heavy (non-hydrogen) atoms. The van der Waals surface area contributed by atoms with Crippen LogP contribution >= 0.6 is 0 Å². The lowest BCUT2D eigenvalue weighted by molar-refractivity contribution is -0.158. The first-order valence-corrected chi connectivity index (χ1v) is 9.68. The first kappa shape index (κ1) is 21.2. The van der Waals surface area contributed by atoms with Crippen molar-refractivity contribution in [2.24, 2.45) is 0 Å². The summed E-state index contributed by atoms with van der Waals surface area (Å²) < 4.78 is 31.5. The van der Waals surface area contributed by atoms with Gasteiger partial charge in [-0.25, -0.2) is 8.78 Å². The van der Waals surface area contributed by atoms with Crippen LogP contribution in [0.15, 0.2) is 48.2 Å². The number of aryl methyl sites for hydroxylation is 1. The van der Waals surface area contributed by atoms with E-state index in [9.17, 15) is 18.7 Å². The number of aliphatic hydroxyl groups excluding tert-OH is 1. The molecule has 1 N–H and O–H groups in total. The zero-order valence-electron chi connectivity index (χ0n) is 17.3. The van der Waals surface area contributed by atoms with E-state index in [0.717, 1.165) is 16.7 Å². The minimum absolute atomic E-state index is 0.0392. The number of aliphatic hydroxyl groups is 1. The molecule has 2 aromatic carbocycles. The smallest absolute Gasteiger partial charge is 0.263 e. The van der Waals surface area contributed by atoms with E-state index >= 15 is 0 Å². The van der Waals surface area contributed by atoms with Gasteiger partial charge in [-0.3, -0.25) is 4.79 Å². The van der Waals surface area contributed by atoms with E-state index in [1.807, 2.05) is 25.1 Å². The Morgan fingerprint density at radius 1 is 0.966 bits per heavy atom. The third-order valence-corrected chi connectivity index (χ3v) is 5.35. The van der Waals surface area contributed by atoms with Gasteiger partial charge in [0.15, 0.2) is 5.78 Å². The number of ketones is 1. The zero-order chi connectivity index (χ0) is 21.6. The highest BCUT2D eigenvalue weighted by atomic mass is 19.3. The van der Waals surface area contributed by atoms with Crippen LogP contribution in [0.4, 0.5) is 8.78 Å². The van der Waals surface area contributed by atoms with Gasteiger partial charge in [-0.2, -0.15) is 0 Å². The van der Waals surface area contributed by atoms with Crippen molar-refractivity contribution in [1.82, 2.24) is 0 Å². The second-order valence-electron chi connectivity index (χ2n) is 8.32. The van der Waals surface area contributed by atoms with Crippen LogP contribution in [-0.2, 0) is 16.0 Å². The quantitative estimate of drug-likeness (QED) is 0.657. The van der Waals surface area contributed by atoms with Crippen molar-refractivity contribution in [2.45, 2.75) is 58.7 Å². The molecule has 0 saturated carbocycles. The van der Waals surface area contributed by atoms with Crippen LogP contribution in [0.5, 0.6) is 0 Å². The second-order valence-corrected chi connectivity index (χ2v) is 8.32. The Bertz CT molecular complexity index is 970. The SMILES string of the molecule is CCc1ccc(-c2ccc(C(F)F)cc2)cc1C1=C(O)C(C)(C)OC(C)(C)C1=O. The molecular formula is C24H26F2O3. The van der Waals surface area contributed by atoms with Crippen molar-refractivity contribution in [3.8, 4) is 11.1 Å². The third-order valence-electron chi connectivity index (χ3n) is 5.35. The molecule has 3 nitrogen and oxygen atoms in total. The molecule has 0 fully saturated rings. The van der Waals surface area contributed by atoms with Crippen molar-refractivity contribution in [3.63, 3.8) is 0 Å². The molecule has 5 heteroatoms. The van der Waals surface area contributed by atoms with E-state index in [-0.39, 0.29) is 22.7 Å². The summed E-state index contributed by atoms with van der Waals surface area (Å²) >= 11 is 0. The first-order valence-electron chi connectivity index (χ1n) is 9.68. The van der Waals surface area contributed by atoms with Crippen LogP contribution < -0.4 is 0 Å². The molecule has 0 aromatic heterocycles. The summed E-state index contributed by atoms with van der Waals surface area (Å²) in [6.45, 7) is 8.84. The summed E-state index contributed by atoms with van der Waals surface area (Å²) in [6.07, 6.45) is -1.85. The summed E-state index contributed by atoms with van der Waals surface area (Å²) in [6, 6.07) is 11.7. The lowest BCUT2D eigenvalue weighted by Gasteiger charge is -2.40. The molecule has 0 unspecified atom stereocenters. The number of carbonyl (C=O) groups excluding carboxylic acids is 1. The minimum atomic E-state index is -2.52.